The van der Waals surface area contributed by atoms with Crippen LogP contribution in [0.3, 0.4) is 0 Å². The molecule has 1 aliphatic rings. The van der Waals surface area contributed by atoms with E-state index < -0.39 is 11.8 Å². The first-order valence-corrected chi connectivity index (χ1v) is 10.5. The molecule has 0 fully saturated rings. The molecule has 3 rings (SSSR count). The van der Waals surface area contributed by atoms with Crippen LogP contribution < -0.4 is 18.9 Å². The van der Waals surface area contributed by atoms with Gasteiger partial charge in [0.1, 0.15) is 11.6 Å². The molecular formula is C26H26N2O6. The smallest absolute Gasteiger partial charge is 0.271 e. The Balaban J connectivity index is 1.94. The highest BCUT2D eigenvalue weighted by molar-refractivity contribution is 6.19. The van der Waals surface area contributed by atoms with Crippen molar-refractivity contribution in [2.75, 3.05) is 35.0 Å². The fourth-order valence-corrected chi connectivity index (χ4v) is 3.72. The van der Waals surface area contributed by atoms with E-state index in [1.54, 1.807) is 50.4 Å². The minimum atomic E-state index is -0.602. The van der Waals surface area contributed by atoms with Crippen LogP contribution in [0, 0.1) is 11.3 Å². The Kier molecular flexibility index (Phi) is 7.59. The average molecular weight is 463 g/mol. The molecule has 0 saturated carbocycles. The van der Waals surface area contributed by atoms with Crippen LogP contribution in [0.1, 0.15) is 18.1 Å². The molecule has 0 aliphatic carbocycles. The molecule has 176 valence electrons. The summed E-state index contributed by atoms with van der Waals surface area (Å²) < 4.78 is 21.2. The summed E-state index contributed by atoms with van der Waals surface area (Å²) in [6.07, 6.45) is 2.03. The molecule has 0 radical (unpaired) electrons. The predicted octanol–water partition coefficient (Wildman–Crippen LogP) is 3.56. The van der Waals surface area contributed by atoms with E-state index in [4.69, 9.17) is 18.9 Å². The summed E-state index contributed by atoms with van der Waals surface area (Å²) in [6.45, 7) is 1.71. The van der Waals surface area contributed by atoms with Gasteiger partial charge in [-0.2, -0.15) is 5.26 Å². The lowest BCUT2D eigenvalue weighted by Gasteiger charge is -2.27. The first-order chi connectivity index (χ1) is 16.4. The molecule has 2 aromatic rings. The van der Waals surface area contributed by atoms with E-state index in [1.165, 1.54) is 21.3 Å². The summed E-state index contributed by atoms with van der Waals surface area (Å²) in [7, 11) is 6.15. The minimum absolute atomic E-state index is 0.0568. The van der Waals surface area contributed by atoms with Crippen molar-refractivity contribution in [3.63, 3.8) is 0 Å². The Hall–Kier alpha value is -4.25. The van der Waals surface area contributed by atoms with Crippen molar-refractivity contribution in [3.05, 3.63) is 64.2 Å². The second-order valence-corrected chi connectivity index (χ2v) is 7.49. The van der Waals surface area contributed by atoms with Gasteiger partial charge in [0.05, 0.1) is 28.4 Å². The van der Waals surface area contributed by atoms with Gasteiger partial charge < -0.3 is 18.9 Å². The standard InChI is InChI=1S/C26H26N2O6/c1-16-19(12-18-7-9-22(32-3)24(14-18)34-5)25(29)28(26(30)20(16)15-27)11-10-17-6-8-21(31-2)23(13-17)33-4/h6-9,12-14H,10-11H2,1-5H3. The Labute approximate surface area is 198 Å². The van der Waals surface area contributed by atoms with Crippen LogP contribution in [0.5, 0.6) is 23.0 Å². The number of methoxy groups -OCH3 is 4. The van der Waals surface area contributed by atoms with Gasteiger partial charge in [-0.1, -0.05) is 12.1 Å². The zero-order valence-electron chi connectivity index (χ0n) is 19.8. The van der Waals surface area contributed by atoms with E-state index in [9.17, 15) is 14.9 Å². The molecular weight excluding hydrogens is 436 g/mol. The fourth-order valence-electron chi connectivity index (χ4n) is 3.72. The second-order valence-electron chi connectivity index (χ2n) is 7.49. The van der Waals surface area contributed by atoms with Crippen molar-refractivity contribution < 1.29 is 28.5 Å². The number of rotatable bonds is 8. The van der Waals surface area contributed by atoms with Gasteiger partial charge in [-0.3, -0.25) is 14.5 Å². The third-order valence-corrected chi connectivity index (χ3v) is 5.62. The number of hydrogen-bond donors (Lipinski definition) is 0. The summed E-state index contributed by atoms with van der Waals surface area (Å²) >= 11 is 0. The van der Waals surface area contributed by atoms with Crippen molar-refractivity contribution in [1.29, 1.82) is 5.26 Å². The van der Waals surface area contributed by atoms with E-state index in [0.717, 1.165) is 10.5 Å². The largest absolute Gasteiger partial charge is 0.493 e. The van der Waals surface area contributed by atoms with Crippen LogP contribution in [0.2, 0.25) is 0 Å². The zero-order valence-corrected chi connectivity index (χ0v) is 19.8. The maximum absolute atomic E-state index is 13.3. The molecule has 0 unspecified atom stereocenters. The first kappa shape index (κ1) is 24.4. The summed E-state index contributed by atoms with van der Waals surface area (Å²) in [5.74, 6) is 1.13. The van der Waals surface area contributed by atoms with Gasteiger partial charge in [0.2, 0.25) is 0 Å². The maximum Gasteiger partial charge on any atom is 0.271 e. The summed E-state index contributed by atoms with van der Waals surface area (Å²) in [6, 6.07) is 12.6. The van der Waals surface area contributed by atoms with Crippen molar-refractivity contribution in [2.24, 2.45) is 0 Å². The number of carbonyl (C=O) groups is 2. The number of carbonyl (C=O) groups excluding carboxylic acids is 2. The fraction of sp³-hybridized carbons (Fsp3) is 0.269. The van der Waals surface area contributed by atoms with Crippen LogP contribution in [0.4, 0.5) is 0 Å². The van der Waals surface area contributed by atoms with Gasteiger partial charge in [-0.25, -0.2) is 0 Å². The van der Waals surface area contributed by atoms with Crippen LogP contribution >= 0.6 is 0 Å². The molecule has 8 nitrogen and oxygen atoms in total. The van der Waals surface area contributed by atoms with Gasteiger partial charge in [-0.15, -0.1) is 0 Å². The van der Waals surface area contributed by atoms with Crippen LogP contribution in [-0.4, -0.2) is 51.7 Å². The number of nitriles is 1. The van der Waals surface area contributed by atoms with Crippen LogP contribution in [-0.2, 0) is 16.0 Å². The molecule has 1 aliphatic heterocycles. The molecule has 0 aromatic heterocycles. The lowest BCUT2D eigenvalue weighted by molar-refractivity contribution is -0.140. The summed E-state index contributed by atoms with van der Waals surface area (Å²) in [4.78, 5) is 27.4. The van der Waals surface area contributed by atoms with Crippen molar-refractivity contribution in [3.8, 4) is 29.1 Å². The van der Waals surface area contributed by atoms with Crippen molar-refractivity contribution in [1.82, 2.24) is 4.90 Å². The number of amides is 2. The van der Waals surface area contributed by atoms with Gasteiger partial charge in [0, 0.05) is 12.1 Å². The van der Waals surface area contributed by atoms with E-state index in [1.807, 2.05) is 12.1 Å². The van der Waals surface area contributed by atoms with Crippen LogP contribution in [0.15, 0.2) is 53.1 Å². The molecule has 0 spiro atoms. The maximum atomic E-state index is 13.3. The highest BCUT2D eigenvalue weighted by Gasteiger charge is 2.35. The second kappa shape index (κ2) is 10.6. The van der Waals surface area contributed by atoms with Crippen LogP contribution in [0.25, 0.3) is 6.08 Å². The monoisotopic (exact) mass is 462 g/mol. The van der Waals surface area contributed by atoms with Gasteiger partial charge in [0.25, 0.3) is 11.8 Å². The lowest BCUT2D eigenvalue weighted by Crippen LogP contribution is -2.43. The quantitative estimate of drug-likeness (QED) is 0.437. The molecule has 0 N–H and O–H groups in total. The average Bonchev–Trinajstić information content (AvgIpc) is 2.86. The van der Waals surface area contributed by atoms with Gasteiger partial charge in [-0.05, 0) is 60.4 Å². The van der Waals surface area contributed by atoms with Crippen molar-refractivity contribution >= 4 is 17.9 Å². The number of imide groups is 1. The van der Waals surface area contributed by atoms with E-state index >= 15 is 0 Å². The van der Waals surface area contributed by atoms with Gasteiger partial charge >= 0.3 is 0 Å². The number of benzene rings is 2. The number of ether oxygens (including phenoxy) is 4. The number of hydrogen-bond acceptors (Lipinski definition) is 7. The summed E-state index contributed by atoms with van der Waals surface area (Å²) in [5, 5.41) is 9.62. The normalized spacial score (nSPS) is 14.8. The SMILES string of the molecule is COc1ccc(C=C2C(=O)N(CCc3ccc(OC)c(OC)c3)C(=O)C(C#N)=C2C)cc1OC. The molecule has 0 saturated heterocycles. The van der Waals surface area contributed by atoms with E-state index in [-0.39, 0.29) is 17.7 Å². The molecule has 0 bridgehead atoms. The topological polar surface area (TPSA) is 98.1 Å². The molecule has 2 amide bonds. The third kappa shape index (κ3) is 4.74. The zero-order chi connectivity index (χ0) is 24.8. The van der Waals surface area contributed by atoms with E-state index in [2.05, 4.69) is 0 Å². The Morgan fingerprint density at radius 3 is 2.03 bits per heavy atom. The first-order valence-electron chi connectivity index (χ1n) is 10.5. The Morgan fingerprint density at radius 1 is 0.853 bits per heavy atom. The van der Waals surface area contributed by atoms with Crippen molar-refractivity contribution in [2.45, 2.75) is 13.3 Å². The Bertz CT molecular complexity index is 1220. The van der Waals surface area contributed by atoms with Gasteiger partial charge in [0.15, 0.2) is 23.0 Å². The highest BCUT2D eigenvalue weighted by atomic mass is 16.5. The highest BCUT2D eigenvalue weighted by Crippen LogP contribution is 2.32. The summed E-state index contributed by atoms with van der Waals surface area (Å²) in [5.41, 5.74) is 2.09. The van der Waals surface area contributed by atoms with E-state index in [0.29, 0.717) is 40.6 Å². The predicted molar refractivity (Wildman–Crippen MR) is 126 cm³/mol. The molecule has 0 atom stereocenters. The molecule has 1 heterocycles. The molecule has 8 heteroatoms. The molecule has 34 heavy (non-hydrogen) atoms. The Morgan fingerprint density at radius 2 is 1.44 bits per heavy atom. The third-order valence-electron chi connectivity index (χ3n) is 5.62. The molecule has 2 aromatic carbocycles. The minimum Gasteiger partial charge on any atom is -0.493 e. The number of nitrogens with zero attached hydrogens (tertiary/aromatic N) is 2. The lowest BCUT2D eigenvalue weighted by atomic mass is 9.93.